The molecular formula is C13H11BN. The van der Waals surface area contributed by atoms with Crippen molar-refractivity contribution < 1.29 is 0 Å². The highest BCUT2D eigenvalue weighted by molar-refractivity contribution is 6.61. The second kappa shape index (κ2) is 3.16. The van der Waals surface area contributed by atoms with E-state index in [-0.39, 0.29) is 0 Å². The summed E-state index contributed by atoms with van der Waals surface area (Å²) in [6, 6.07) is 17.0. The van der Waals surface area contributed by atoms with Gasteiger partial charge < -0.3 is 4.81 Å². The number of para-hydroxylation sites is 1. The van der Waals surface area contributed by atoms with E-state index in [0.717, 1.165) is 0 Å². The third-order valence-corrected chi connectivity index (χ3v) is 2.87. The Balaban J connectivity index is 2.30. The zero-order chi connectivity index (χ0) is 10.3. The van der Waals surface area contributed by atoms with Gasteiger partial charge in [0.05, 0.1) is 0 Å². The summed E-state index contributed by atoms with van der Waals surface area (Å²) in [7, 11) is 4.27. The van der Waals surface area contributed by atoms with Crippen molar-refractivity contribution in [3.05, 3.63) is 48.5 Å². The van der Waals surface area contributed by atoms with Crippen LogP contribution in [0.2, 0.25) is 0 Å². The lowest BCUT2D eigenvalue weighted by atomic mass is 9.72. The Morgan fingerprint density at radius 2 is 1.53 bits per heavy atom. The van der Waals surface area contributed by atoms with E-state index in [1.807, 2.05) is 0 Å². The van der Waals surface area contributed by atoms with Crippen LogP contribution in [0.4, 0.5) is 5.69 Å². The molecule has 0 spiro atoms. The monoisotopic (exact) mass is 192 g/mol. The first-order chi connectivity index (χ1) is 7.36. The van der Waals surface area contributed by atoms with Gasteiger partial charge in [0.1, 0.15) is 0 Å². The molecule has 2 aromatic rings. The van der Waals surface area contributed by atoms with Crippen molar-refractivity contribution in [1.29, 1.82) is 0 Å². The summed E-state index contributed by atoms with van der Waals surface area (Å²) >= 11 is 0. The molecule has 0 N–H and O–H groups in total. The molecule has 0 saturated carbocycles. The van der Waals surface area contributed by atoms with Crippen LogP contribution >= 0.6 is 0 Å². The molecule has 0 aromatic heterocycles. The van der Waals surface area contributed by atoms with Crippen molar-refractivity contribution in [3.8, 4) is 11.1 Å². The van der Waals surface area contributed by atoms with E-state index in [4.69, 9.17) is 0 Å². The van der Waals surface area contributed by atoms with Crippen molar-refractivity contribution in [3.63, 3.8) is 0 Å². The molecule has 71 valence electrons. The number of hydrogen-bond acceptors (Lipinski definition) is 1. The summed E-state index contributed by atoms with van der Waals surface area (Å²) < 4.78 is 0. The summed E-state index contributed by atoms with van der Waals surface area (Å²) in [5.41, 5.74) is 5.21. The van der Waals surface area contributed by atoms with Crippen molar-refractivity contribution >= 4 is 18.6 Å². The number of anilines is 1. The molecule has 0 saturated heterocycles. The van der Waals surface area contributed by atoms with E-state index >= 15 is 0 Å². The third kappa shape index (κ3) is 1.25. The number of nitrogens with zero attached hydrogens (tertiary/aromatic N) is 1. The second-order valence-corrected chi connectivity index (χ2v) is 3.84. The first-order valence-corrected chi connectivity index (χ1v) is 5.12. The molecule has 15 heavy (non-hydrogen) atoms. The highest BCUT2D eigenvalue weighted by atomic mass is 15.0. The molecular weight excluding hydrogens is 181 g/mol. The second-order valence-electron chi connectivity index (χ2n) is 3.84. The smallest absolute Gasteiger partial charge is 0.285 e. The van der Waals surface area contributed by atoms with Crippen LogP contribution in [-0.4, -0.2) is 14.5 Å². The molecule has 1 aliphatic heterocycles. The molecule has 0 atom stereocenters. The Hall–Kier alpha value is -1.70. The Labute approximate surface area is 90.6 Å². The Morgan fingerprint density at radius 1 is 0.867 bits per heavy atom. The fourth-order valence-electron chi connectivity index (χ4n) is 2.14. The minimum absolute atomic E-state index is 1.27. The van der Waals surface area contributed by atoms with Crippen LogP contribution in [-0.2, 0) is 0 Å². The van der Waals surface area contributed by atoms with Crippen LogP contribution in [0.3, 0.4) is 0 Å². The summed E-state index contributed by atoms with van der Waals surface area (Å²) in [4.78, 5) is 2.18. The standard InChI is InChI=1S/C13H11BN/c1-15-13-9-5-3-7-11(13)10-6-2-4-8-12(10)14-15/h2-9H,1H3. The summed E-state index contributed by atoms with van der Waals surface area (Å²) in [6.45, 7) is 0. The van der Waals surface area contributed by atoms with Crippen LogP contribution in [0.25, 0.3) is 11.1 Å². The Kier molecular flexibility index (Phi) is 1.81. The molecule has 0 aliphatic carbocycles. The van der Waals surface area contributed by atoms with Gasteiger partial charge in [-0.25, -0.2) is 0 Å². The summed E-state index contributed by atoms with van der Waals surface area (Å²) in [5.74, 6) is 0. The van der Waals surface area contributed by atoms with Gasteiger partial charge in [-0.05, 0) is 18.7 Å². The van der Waals surface area contributed by atoms with Gasteiger partial charge in [0, 0.05) is 11.3 Å². The predicted molar refractivity (Wildman–Crippen MR) is 65.7 cm³/mol. The third-order valence-electron chi connectivity index (χ3n) is 2.87. The lowest BCUT2D eigenvalue weighted by Crippen LogP contribution is -2.37. The van der Waals surface area contributed by atoms with E-state index in [0.29, 0.717) is 0 Å². The molecule has 0 amide bonds. The van der Waals surface area contributed by atoms with E-state index in [1.165, 1.54) is 22.3 Å². The van der Waals surface area contributed by atoms with Crippen LogP contribution in [0.1, 0.15) is 0 Å². The Bertz CT molecular complexity index is 507. The summed E-state index contributed by atoms with van der Waals surface area (Å²) in [6.07, 6.45) is 0. The van der Waals surface area contributed by atoms with Crippen molar-refractivity contribution in [2.45, 2.75) is 0 Å². The van der Waals surface area contributed by atoms with Gasteiger partial charge in [-0.15, -0.1) is 0 Å². The zero-order valence-corrected chi connectivity index (χ0v) is 8.64. The number of hydrogen-bond donors (Lipinski definition) is 0. The van der Waals surface area contributed by atoms with Crippen LogP contribution in [0.5, 0.6) is 0 Å². The van der Waals surface area contributed by atoms with E-state index in [9.17, 15) is 0 Å². The average molecular weight is 192 g/mol. The Morgan fingerprint density at radius 3 is 2.40 bits per heavy atom. The van der Waals surface area contributed by atoms with Gasteiger partial charge in [-0.2, -0.15) is 0 Å². The fraction of sp³-hybridized carbons (Fsp3) is 0.0769. The van der Waals surface area contributed by atoms with Crippen LogP contribution in [0, 0.1) is 0 Å². The summed E-state index contributed by atoms with van der Waals surface area (Å²) in [5, 5.41) is 0. The molecule has 0 fully saturated rings. The van der Waals surface area contributed by atoms with Crippen molar-refractivity contribution in [2.75, 3.05) is 11.9 Å². The maximum atomic E-state index is 2.18. The fourth-order valence-corrected chi connectivity index (χ4v) is 2.14. The minimum atomic E-state index is 1.27. The highest BCUT2D eigenvalue weighted by Gasteiger charge is 2.19. The molecule has 2 heteroatoms. The maximum Gasteiger partial charge on any atom is 0.285 e. The van der Waals surface area contributed by atoms with E-state index in [2.05, 4.69) is 67.8 Å². The molecule has 3 rings (SSSR count). The normalized spacial score (nSPS) is 12.7. The minimum Gasteiger partial charge on any atom is -0.417 e. The lowest BCUT2D eigenvalue weighted by Gasteiger charge is -2.28. The zero-order valence-electron chi connectivity index (χ0n) is 8.64. The predicted octanol–water partition coefficient (Wildman–Crippen LogP) is 2.05. The van der Waals surface area contributed by atoms with Gasteiger partial charge in [0.2, 0.25) is 0 Å². The number of benzene rings is 2. The van der Waals surface area contributed by atoms with Gasteiger partial charge in [-0.3, -0.25) is 0 Å². The van der Waals surface area contributed by atoms with E-state index < -0.39 is 0 Å². The van der Waals surface area contributed by atoms with Gasteiger partial charge in [-0.1, -0.05) is 47.9 Å². The van der Waals surface area contributed by atoms with Gasteiger partial charge in [0.25, 0.3) is 7.41 Å². The molecule has 1 nitrogen and oxygen atoms in total. The van der Waals surface area contributed by atoms with Gasteiger partial charge >= 0.3 is 0 Å². The topological polar surface area (TPSA) is 3.24 Å². The van der Waals surface area contributed by atoms with Crippen molar-refractivity contribution in [2.24, 2.45) is 0 Å². The first kappa shape index (κ1) is 8.60. The quantitative estimate of drug-likeness (QED) is 0.577. The molecule has 2 aromatic carbocycles. The van der Waals surface area contributed by atoms with E-state index in [1.54, 1.807) is 0 Å². The largest absolute Gasteiger partial charge is 0.417 e. The molecule has 1 radical (unpaired) electrons. The SMILES string of the molecule is CN1[B]c2ccccc2-c2ccccc21. The highest BCUT2D eigenvalue weighted by Crippen LogP contribution is 2.31. The molecule has 0 bridgehead atoms. The van der Waals surface area contributed by atoms with Crippen LogP contribution in [0.15, 0.2) is 48.5 Å². The number of fused-ring (bicyclic) bond motifs is 3. The average Bonchev–Trinajstić information content (AvgIpc) is 2.30. The first-order valence-electron chi connectivity index (χ1n) is 5.12. The maximum absolute atomic E-state index is 2.18. The van der Waals surface area contributed by atoms with Crippen LogP contribution < -0.4 is 10.3 Å². The van der Waals surface area contributed by atoms with Crippen molar-refractivity contribution in [1.82, 2.24) is 0 Å². The van der Waals surface area contributed by atoms with Gasteiger partial charge in [0.15, 0.2) is 0 Å². The molecule has 1 aliphatic rings. The lowest BCUT2D eigenvalue weighted by molar-refractivity contribution is 1.31. The molecule has 1 heterocycles. The molecule has 0 unspecified atom stereocenters. The number of rotatable bonds is 0.